The van der Waals surface area contributed by atoms with Crippen molar-refractivity contribution in [2.75, 3.05) is 19.7 Å². The summed E-state index contributed by atoms with van der Waals surface area (Å²) in [4.78, 5) is 7.05. The molecule has 2 aliphatic rings. The maximum Gasteiger partial charge on any atom is 0.213 e. The number of piperidine rings is 1. The minimum atomic E-state index is -0.567. The summed E-state index contributed by atoms with van der Waals surface area (Å²) in [5.41, 5.74) is 3.46. The highest BCUT2D eigenvalue weighted by molar-refractivity contribution is 9.10. The summed E-state index contributed by atoms with van der Waals surface area (Å²) in [6.45, 7) is 4.63. The van der Waals surface area contributed by atoms with Crippen LogP contribution in [0.15, 0.2) is 65.1 Å². The van der Waals surface area contributed by atoms with E-state index >= 15 is 0 Å². The Morgan fingerprint density at radius 2 is 1.93 bits per heavy atom. The van der Waals surface area contributed by atoms with Gasteiger partial charge in [-0.3, -0.25) is 4.90 Å². The molecule has 0 N–H and O–H groups in total. The zero-order valence-electron chi connectivity index (χ0n) is 22.1. The van der Waals surface area contributed by atoms with Crippen LogP contribution in [0.1, 0.15) is 36.2 Å². The highest BCUT2D eigenvalue weighted by Crippen LogP contribution is 2.28. The van der Waals surface area contributed by atoms with E-state index in [2.05, 4.69) is 54.6 Å². The minimum Gasteiger partial charge on any atom is -0.484 e. The lowest BCUT2D eigenvalue weighted by molar-refractivity contribution is -0.0591. The monoisotopic (exact) mass is 604 g/mol. The molecular weight excluding hydrogens is 575 g/mol. The van der Waals surface area contributed by atoms with Crippen LogP contribution in [0.5, 0.6) is 11.6 Å². The Hall–Kier alpha value is -3.45. The molecule has 1 atom stereocenters. The lowest BCUT2D eigenvalue weighted by atomic mass is 10.1. The number of benzene rings is 2. The van der Waals surface area contributed by atoms with Gasteiger partial charge in [-0.05, 0) is 67.1 Å². The van der Waals surface area contributed by atoms with Crippen LogP contribution in [-0.2, 0) is 24.4 Å². The molecule has 2 aromatic heterocycles. The summed E-state index contributed by atoms with van der Waals surface area (Å²) in [6.07, 6.45) is 3.32. The third-order valence-corrected chi connectivity index (χ3v) is 8.05. The average molecular weight is 606 g/mol. The second kappa shape index (κ2) is 12.0. The summed E-state index contributed by atoms with van der Waals surface area (Å²) < 4.78 is 35.2. The number of rotatable bonds is 9. The third kappa shape index (κ3) is 6.15. The van der Waals surface area contributed by atoms with E-state index in [0.717, 1.165) is 62.6 Å². The number of halogens is 2. The topological polar surface area (TPSA) is 72.5 Å². The molecule has 2 aliphatic heterocycles. The van der Waals surface area contributed by atoms with Gasteiger partial charge in [-0.25, -0.2) is 9.37 Å². The lowest BCUT2D eigenvalue weighted by Gasteiger charge is -2.33. The maximum absolute atomic E-state index is 14.1. The molecule has 2 saturated heterocycles. The highest BCUT2D eigenvalue weighted by atomic mass is 79.9. The van der Waals surface area contributed by atoms with Crippen LogP contribution in [-0.4, -0.2) is 46.4 Å². The predicted molar refractivity (Wildman–Crippen MR) is 153 cm³/mol. The molecule has 0 bridgehead atoms. The molecule has 0 spiro atoms. The van der Waals surface area contributed by atoms with Gasteiger partial charge in [-0.2, -0.15) is 5.26 Å². The molecular formula is C31H30BrFN4O3. The minimum absolute atomic E-state index is 0.0843. The maximum atomic E-state index is 14.1. The number of hydrogen-bond donors (Lipinski definition) is 0. The van der Waals surface area contributed by atoms with Gasteiger partial charge in [-0.15, -0.1) is 0 Å². The first-order chi connectivity index (χ1) is 19.5. The largest absolute Gasteiger partial charge is 0.484 e. The highest BCUT2D eigenvalue weighted by Gasteiger charge is 2.25. The van der Waals surface area contributed by atoms with Gasteiger partial charge in [0.05, 0.1) is 23.4 Å². The van der Waals surface area contributed by atoms with Crippen LogP contribution in [0.3, 0.4) is 0 Å². The summed E-state index contributed by atoms with van der Waals surface area (Å²) in [5.74, 6) is 0.0697. The molecule has 2 aromatic carbocycles. The molecule has 2 fully saturated rings. The van der Waals surface area contributed by atoms with Crippen molar-refractivity contribution in [3.05, 3.63) is 87.9 Å². The Morgan fingerprint density at radius 3 is 2.67 bits per heavy atom. The number of nitriles is 1. The summed E-state index contributed by atoms with van der Waals surface area (Å²) >= 11 is 3.63. The number of aromatic nitrogens is 2. The number of fused-ring (bicyclic) bond motifs is 1. The molecule has 0 aliphatic carbocycles. The molecule has 4 aromatic rings. The van der Waals surface area contributed by atoms with Gasteiger partial charge in [0, 0.05) is 54.5 Å². The van der Waals surface area contributed by atoms with E-state index in [1.807, 2.05) is 24.3 Å². The van der Waals surface area contributed by atoms with E-state index in [9.17, 15) is 4.39 Å². The van der Waals surface area contributed by atoms with Gasteiger partial charge in [0.2, 0.25) is 5.88 Å². The van der Waals surface area contributed by atoms with E-state index in [1.54, 1.807) is 0 Å². The fourth-order valence-corrected chi connectivity index (χ4v) is 5.64. The van der Waals surface area contributed by atoms with Crippen molar-refractivity contribution in [1.29, 1.82) is 5.26 Å². The zero-order valence-corrected chi connectivity index (χ0v) is 23.6. The standard InChI is InChI=1S/C31H30BrFN4O3/c32-23-6-5-22-15-25(37(29(22)16-23)19-27-10-13-38-27)18-36-11-8-26(9-12-36)40-31-3-1-2-24(35-31)20-39-30-7-4-21(17-34)14-28(30)33/h1-7,14-16,26-27H,8-13,18-20H2. The van der Waals surface area contributed by atoms with Crippen molar-refractivity contribution < 1.29 is 18.6 Å². The fraction of sp³-hybridized carbons (Fsp3) is 0.355. The summed E-state index contributed by atoms with van der Waals surface area (Å²) in [6, 6.07) is 20.4. The molecule has 4 heterocycles. The van der Waals surface area contributed by atoms with Crippen molar-refractivity contribution in [1.82, 2.24) is 14.5 Å². The van der Waals surface area contributed by atoms with Gasteiger partial charge in [0.1, 0.15) is 12.7 Å². The van der Waals surface area contributed by atoms with Gasteiger partial charge >= 0.3 is 0 Å². The molecule has 0 amide bonds. The average Bonchev–Trinajstić information content (AvgIpc) is 3.27. The molecule has 6 rings (SSSR count). The molecule has 0 saturated carbocycles. The molecule has 206 valence electrons. The van der Waals surface area contributed by atoms with Crippen molar-refractivity contribution in [3.63, 3.8) is 0 Å². The quantitative estimate of drug-likeness (QED) is 0.226. The van der Waals surface area contributed by atoms with E-state index < -0.39 is 5.82 Å². The fourth-order valence-electron chi connectivity index (χ4n) is 5.29. The number of nitrogens with zero attached hydrogens (tertiary/aromatic N) is 4. The number of hydrogen-bond acceptors (Lipinski definition) is 6. The number of pyridine rings is 1. The SMILES string of the molecule is N#Cc1ccc(OCc2cccc(OC3CCN(Cc4cc5ccc(Br)cc5n4CC4CCO4)CC3)n2)c(F)c1. The second-order valence-electron chi connectivity index (χ2n) is 10.3. The molecule has 9 heteroatoms. The Kier molecular flexibility index (Phi) is 8.00. The van der Waals surface area contributed by atoms with Crippen LogP contribution in [0.4, 0.5) is 4.39 Å². The van der Waals surface area contributed by atoms with Gasteiger partial charge in [0.25, 0.3) is 0 Å². The van der Waals surface area contributed by atoms with Crippen LogP contribution in [0, 0.1) is 17.1 Å². The zero-order chi connectivity index (χ0) is 27.5. The third-order valence-electron chi connectivity index (χ3n) is 7.56. The van der Waals surface area contributed by atoms with E-state index in [4.69, 9.17) is 19.5 Å². The first-order valence-electron chi connectivity index (χ1n) is 13.6. The first kappa shape index (κ1) is 26.8. The number of ether oxygens (including phenoxy) is 3. The smallest absolute Gasteiger partial charge is 0.213 e. The van der Waals surface area contributed by atoms with Crippen molar-refractivity contribution >= 4 is 26.8 Å². The Bertz CT molecular complexity index is 1540. The second-order valence-corrected chi connectivity index (χ2v) is 11.3. The summed E-state index contributed by atoms with van der Waals surface area (Å²) in [7, 11) is 0. The normalized spacial score (nSPS) is 17.9. The first-order valence-corrected chi connectivity index (χ1v) is 14.4. The molecule has 1 unspecified atom stereocenters. The Labute approximate surface area is 241 Å². The van der Waals surface area contributed by atoms with E-state index in [-0.39, 0.29) is 24.0 Å². The van der Waals surface area contributed by atoms with E-state index in [0.29, 0.717) is 17.7 Å². The Balaban J connectivity index is 1.04. The van der Waals surface area contributed by atoms with Gasteiger partial charge in [-0.1, -0.05) is 28.1 Å². The predicted octanol–water partition coefficient (Wildman–Crippen LogP) is 6.22. The van der Waals surface area contributed by atoms with Crippen LogP contribution >= 0.6 is 15.9 Å². The van der Waals surface area contributed by atoms with Crippen molar-refractivity contribution in [2.45, 2.75) is 51.2 Å². The molecule has 0 radical (unpaired) electrons. The van der Waals surface area contributed by atoms with Crippen LogP contribution in [0.2, 0.25) is 0 Å². The molecule has 40 heavy (non-hydrogen) atoms. The van der Waals surface area contributed by atoms with Crippen LogP contribution < -0.4 is 9.47 Å². The number of likely N-dealkylation sites (tertiary alicyclic amines) is 1. The van der Waals surface area contributed by atoms with Crippen LogP contribution in [0.25, 0.3) is 10.9 Å². The van der Waals surface area contributed by atoms with Gasteiger partial charge in [0.15, 0.2) is 11.6 Å². The van der Waals surface area contributed by atoms with Crippen molar-refractivity contribution in [2.24, 2.45) is 0 Å². The lowest BCUT2D eigenvalue weighted by Crippen LogP contribution is -2.38. The summed E-state index contributed by atoms with van der Waals surface area (Å²) in [5, 5.41) is 10.2. The molecule has 7 nitrogen and oxygen atoms in total. The van der Waals surface area contributed by atoms with Crippen molar-refractivity contribution in [3.8, 4) is 17.7 Å². The van der Waals surface area contributed by atoms with E-state index in [1.165, 1.54) is 28.7 Å². The van der Waals surface area contributed by atoms with Gasteiger partial charge < -0.3 is 18.8 Å². The Morgan fingerprint density at radius 1 is 1.07 bits per heavy atom.